The Morgan fingerprint density at radius 3 is 2.13 bits per heavy atom. The van der Waals surface area contributed by atoms with Gasteiger partial charge in [0.2, 0.25) is 0 Å². The fourth-order valence-electron chi connectivity index (χ4n) is 2.57. The molecule has 31 heavy (non-hydrogen) atoms. The molecule has 1 unspecified atom stereocenters. The summed E-state index contributed by atoms with van der Waals surface area (Å²) in [6, 6.07) is 7.63. The summed E-state index contributed by atoms with van der Waals surface area (Å²) in [7, 11) is 2.09. The van der Waals surface area contributed by atoms with Crippen LogP contribution in [0.3, 0.4) is 0 Å². The van der Waals surface area contributed by atoms with Gasteiger partial charge in [0, 0.05) is 41.2 Å². The van der Waals surface area contributed by atoms with Crippen molar-refractivity contribution in [3.8, 4) is 0 Å². The van der Waals surface area contributed by atoms with Crippen LogP contribution in [0.1, 0.15) is 43.5 Å². The summed E-state index contributed by atoms with van der Waals surface area (Å²) in [4.78, 5) is 33.7. The lowest BCUT2D eigenvalue weighted by Gasteiger charge is -2.13. The highest BCUT2D eigenvalue weighted by Gasteiger charge is 2.14. The average molecular weight is 494 g/mol. The largest absolute Gasteiger partial charge is 0.478 e. The van der Waals surface area contributed by atoms with Crippen molar-refractivity contribution in [2.75, 3.05) is 20.1 Å². The van der Waals surface area contributed by atoms with E-state index in [1.54, 1.807) is 0 Å². The number of rotatable bonds is 12. The zero-order chi connectivity index (χ0) is 23.8. The van der Waals surface area contributed by atoms with Crippen LogP contribution in [0.25, 0.3) is 0 Å². The molecule has 1 rings (SSSR count). The Bertz CT molecular complexity index is 768. The Kier molecular flexibility index (Phi) is 14.9. The van der Waals surface area contributed by atoms with Gasteiger partial charge < -0.3 is 10.2 Å². The predicted octanol–water partition coefficient (Wildman–Crippen LogP) is 5.21. The lowest BCUT2D eigenvalue weighted by molar-refractivity contribution is -0.134. The number of nitrogens with zero attached hydrogens (tertiary/aromatic N) is 1. The van der Waals surface area contributed by atoms with Gasteiger partial charge in [0.05, 0.1) is 0 Å². The first-order chi connectivity index (χ1) is 14.6. The number of allylic oxidation sites excluding steroid dienone is 1. The number of Topliss-reactive ketones (excluding diaryl/α,β-unsaturated/α-hetero) is 1. The Hall–Kier alpha value is -2.51. The molecule has 0 aliphatic heterocycles. The van der Waals surface area contributed by atoms with Gasteiger partial charge in [0.15, 0.2) is 5.78 Å². The van der Waals surface area contributed by atoms with E-state index in [1.807, 2.05) is 37.3 Å². The van der Waals surface area contributed by atoms with Gasteiger partial charge in [-0.15, -0.1) is 6.58 Å². The minimum atomic E-state index is -1.26. The first-order valence-electron chi connectivity index (χ1n) is 9.95. The van der Waals surface area contributed by atoms with Crippen molar-refractivity contribution < 1.29 is 24.6 Å². The molecule has 0 aromatic heterocycles. The minimum Gasteiger partial charge on any atom is -0.478 e. The number of carbonyl (C=O) groups excluding carboxylic acids is 1. The molecule has 170 valence electrons. The third-order valence-corrected chi connectivity index (χ3v) is 4.87. The standard InChI is InChI=1S/C20H28BrNO.C4H4O4/c1-5-14-22(4)15-13-16(2)7-6-8-17(3)20(23)18-9-11-19(21)12-10-18;5-3(6)1-2-4(7)8/h5,9-13,17H,1,6-8,14-15H2,2-4H3;1-2H,(H,5,6)(H,7,8). The maximum atomic E-state index is 12.4. The van der Waals surface area contributed by atoms with Gasteiger partial charge in [0.25, 0.3) is 0 Å². The van der Waals surface area contributed by atoms with Gasteiger partial charge in [-0.2, -0.15) is 0 Å². The molecule has 7 heteroatoms. The quantitative estimate of drug-likeness (QED) is 0.235. The molecule has 0 aliphatic rings. The lowest BCUT2D eigenvalue weighted by Crippen LogP contribution is -2.18. The van der Waals surface area contributed by atoms with E-state index in [2.05, 4.69) is 47.5 Å². The van der Waals surface area contributed by atoms with Gasteiger partial charge in [-0.1, -0.05) is 52.7 Å². The van der Waals surface area contributed by atoms with Gasteiger partial charge in [0.1, 0.15) is 0 Å². The normalized spacial score (nSPS) is 12.2. The van der Waals surface area contributed by atoms with E-state index >= 15 is 0 Å². The topological polar surface area (TPSA) is 94.9 Å². The molecule has 0 saturated heterocycles. The Labute approximate surface area is 193 Å². The second-order valence-electron chi connectivity index (χ2n) is 7.23. The third kappa shape index (κ3) is 15.0. The van der Waals surface area contributed by atoms with Crippen molar-refractivity contribution in [3.63, 3.8) is 0 Å². The maximum Gasteiger partial charge on any atom is 0.328 e. The molecule has 0 amide bonds. The van der Waals surface area contributed by atoms with Crippen molar-refractivity contribution in [2.45, 2.75) is 33.1 Å². The maximum absolute atomic E-state index is 12.4. The Morgan fingerprint density at radius 2 is 1.65 bits per heavy atom. The molecule has 1 aromatic carbocycles. The first-order valence-corrected chi connectivity index (χ1v) is 10.7. The Balaban J connectivity index is 0.000000954. The lowest BCUT2D eigenvalue weighted by atomic mass is 9.93. The zero-order valence-electron chi connectivity index (χ0n) is 18.4. The first kappa shape index (κ1) is 28.5. The van der Waals surface area contributed by atoms with E-state index in [-0.39, 0.29) is 11.7 Å². The van der Waals surface area contributed by atoms with Crippen molar-refractivity contribution in [3.05, 3.63) is 70.8 Å². The number of hydrogen-bond donors (Lipinski definition) is 2. The van der Waals surface area contributed by atoms with Crippen molar-refractivity contribution in [1.82, 2.24) is 4.90 Å². The van der Waals surface area contributed by atoms with Crippen LogP contribution in [0.5, 0.6) is 0 Å². The molecule has 0 fully saturated rings. The summed E-state index contributed by atoms with van der Waals surface area (Å²) in [5, 5.41) is 15.6. The monoisotopic (exact) mass is 493 g/mol. The van der Waals surface area contributed by atoms with E-state index in [0.29, 0.717) is 12.2 Å². The molecular weight excluding hydrogens is 462 g/mol. The molecule has 0 saturated carbocycles. The average Bonchev–Trinajstić information content (AvgIpc) is 2.71. The number of halogens is 1. The third-order valence-electron chi connectivity index (χ3n) is 4.35. The van der Waals surface area contributed by atoms with Crippen LogP contribution in [0.2, 0.25) is 0 Å². The summed E-state index contributed by atoms with van der Waals surface area (Å²) in [5.41, 5.74) is 2.20. The van der Waals surface area contributed by atoms with Crippen LogP contribution in [0.15, 0.2) is 65.2 Å². The molecule has 0 radical (unpaired) electrons. The van der Waals surface area contributed by atoms with Gasteiger partial charge in [-0.05, 0) is 45.4 Å². The van der Waals surface area contributed by atoms with Crippen LogP contribution < -0.4 is 0 Å². The summed E-state index contributed by atoms with van der Waals surface area (Å²) in [6.07, 6.45) is 8.34. The molecule has 0 bridgehead atoms. The summed E-state index contributed by atoms with van der Waals surface area (Å²) < 4.78 is 1.00. The highest BCUT2D eigenvalue weighted by Crippen LogP contribution is 2.18. The highest BCUT2D eigenvalue weighted by molar-refractivity contribution is 9.10. The number of carbonyl (C=O) groups is 3. The van der Waals surface area contributed by atoms with Crippen LogP contribution >= 0.6 is 15.9 Å². The summed E-state index contributed by atoms with van der Waals surface area (Å²) in [5.74, 6) is -2.20. The highest BCUT2D eigenvalue weighted by atomic mass is 79.9. The smallest absolute Gasteiger partial charge is 0.328 e. The fraction of sp³-hybridized carbons (Fsp3) is 0.375. The minimum absolute atomic E-state index is 0.0763. The van der Waals surface area contributed by atoms with E-state index < -0.39 is 11.9 Å². The number of hydrogen-bond acceptors (Lipinski definition) is 4. The van der Waals surface area contributed by atoms with E-state index in [0.717, 1.165) is 42.4 Å². The van der Waals surface area contributed by atoms with Crippen LogP contribution in [0, 0.1) is 5.92 Å². The van der Waals surface area contributed by atoms with Crippen LogP contribution in [-0.4, -0.2) is 53.0 Å². The van der Waals surface area contributed by atoms with E-state index in [1.165, 1.54) is 5.57 Å². The van der Waals surface area contributed by atoms with Crippen molar-refractivity contribution >= 4 is 33.7 Å². The molecule has 1 atom stereocenters. The predicted molar refractivity (Wildman–Crippen MR) is 127 cm³/mol. The van der Waals surface area contributed by atoms with Crippen molar-refractivity contribution in [2.24, 2.45) is 5.92 Å². The summed E-state index contributed by atoms with van der Waals surface area (Å²) in [6.45, 7) is 9.80. The second-order valence-corrected chi connectivity index (χ2v) is 8.15. The van der Waals surface area contributed by atoms with Gasteiger partial charge in [-0.25, -0.2) is 9.59 Å². The second kappa shape index (κ2) is 16.2. The zero-order valence-corrected chi connectivity index (χ0v) is 20.0. The van der Waals surface area contributed by atoms with E-state index in [9.17, 15) is 14.4 Å². The van der Waals surface area contributed by atoms with Gasteiger partial charge >= 0.3 is 11.9 Å². The number of aliphatic carboxylic acids is 2. The van der Waals surface area contributed by atoms with Gasteiger partial charge in [-0.3, -0.25) is 9.69 Å². The number of benzene rings is 1. The molecule has 2 N–H and O–H groups in total. The van der Waals surface area contributed by atoms with Crippen LogP contribution in [0.4, 0.5) is 0 Å². The van der Waals surface area contributed by atoms with Crippen LogP contribution in [-0.2, 0) is 9.59 Å². The molecule has 0 aliphatic carbocycles. The number of ketones is 1. The molecule has 0 heterocycles. The molecular formula is C24H32BrNO5. The fourth-order valence-corrected chi connectivity index (χ4v) is 2.83. The molecule has 6 nitrogen and oxygen atoms in total. The van der Waals surface area contributed by atoms with Crippen molar-refractivity contribution in [1.29, 1.82) is 0 Å². The number of carboxylic acids is 2. The number of likely N-dealkylation sites (N-methyl/N-ethyl adjacent to an activating group) is 1. The number of carboxylic acid groups (broad SMARTS) is 2. The Morgan fingerprint density at radius 1 is 1.10 bits per heavy atom. The van der Waals surface area contributed by atoms with E-state index in [4.69, 9.17) is 10.2 Å². The molecule has 1 aromatic rings. The molecule has 0 spiro atoms. The SMILES string of the molecule is C=CCN(C)CC=C(C)CCCC(C)C(=O)c1ccc(Br)cc1.O=C(O)C=CC(=O)O. The summed E-state index contributed by atoms with van der Waals surface area (Å²) >= 11 is 3.40.